The first-order chi connectivity index (χ1) is 9.92. The van der Waals surface area contributed by atoms with Crippen molar-refractivity contribution in [2.75, 3.05) is 11.3 Å². The topological polar surface area (TPSA) is 99.8 Å². The zero-order valence-electron chi connectivity index (χ0n) is 12.2. The molecule has 1 unspecified atom stereocenters. The molecule has 0 aliphatic rings. The van der Waals surface area contributed by atoms with E-state index in [-0.39, 0.29) is 11.1 Å². The predicted molar refractivity (Wildman–Crippen MR) is 83.0 cm³/mol. The van der Waals surface area contributed by atoms with Crippen molar-refractivity contribution in [1.82, 2.24) is 20.3 Å². The first-order valence-corrected chi connectivity index (χ1v) is 9.02. The summed E-state index contributed by atoms with van der Waals surface area (Å²) in [5.41, 5.74) is 0.826. The standard InChI is InChI=1S/C12H19N5O2S2/c1-4-5-13-8(2)10-7-20-12(16-10)17-21(18,19)11-6-14-9(3)15-11/h6-8,13H,4-5H2,1-3H3,(H,14,15)(H,16,17). The molecule has 2 aromatic rings. The molecule has 0 aliphatic carbocycles. The number of H-pyrrole nitrogens is 1. The molecular weight excluding hydrogens is 310 g/mol. The van der Waals surface area contributed by atoms with Gasteiger partial charge in [0.15, 0.2) is 10.2 Å². The van der Waals surface area contributed by atoms with Crippen molar-refractivity contribution in [1.29, 1.82) is 0 Å². The number of anilines is 1. The Balaban J connectivity index is 2.08. The summed E-state index contributed by atoms with van der Waals surface area (Å²) in [5.74, 6) is 0.549. The van der Waals surface area contributed by atoms with Crippen LogP contribution >= 0.6 is 11.3 Å². The fourth-order valence-corrected chi connectivity index (χ4v) is 3.73. The van der Waals surface area contributed by atoms with E-state index in [0.29, 0.717) is 11.0 Å². The highest BCUT2D eigenvalue weighted by Crippen LogP contribution is 2.22. The van der Waals surface area contributed by atoms with Gasteiger partial charge in [0.25, 0.3) is 10.0 Å². The molecule has 2 aromatic heterocycles. The van der Waals surface area contributed by atoms with E-state index in [2.05, 4.69) is 31.9 Å². The maximum absolute atomic E-state index is 12.1. The van der Waals surface area contributed by atoms with Crippen LogP contribution in [0.2, 0.25) is 0 Å². The van der Waals surface area contributed by atoms with E-state index < -0.39 is 10.0 Å². The Kier molecular flexibility index (Phi) is 4.96. The van der Waals surface area contributed by atoms with Crippen molar-refractivity contribution in [3.8, 4) is 0 Å². The molecule has 0 aromatic carbocycles. The molecule has 2 rings (SSSR count). The summed E-state index contributed by atoms with van der Waals surface area (Å²) in [6, 6.07) is 0.0915. The van der Waals surface area contributed by atoms with E-state index in [1.54, 1.807) is 6.92 Å². The van der Waals surface area contributed by atoms with Gasteiger partial charge in [-0.25, -0.2) is 9.97 Å². The molecule has 21 heavy (non-hydrogen) atoms. The van der Waals surface area contributed by atoms with Crippen molar-refractivity contribution < 1.29 is 8.42 Å². The van der Waals surface area contributed by atoms with Crippen molar-refractivity contribution in [2.45, 2.75) is 38.3 Å². The van der Waals surface area contributed by atoms with Crippen LogP contribution in [0.5, 0.6) is 0 Å². The number of aromatic nitrogens is 3. The summed E-state index contributed by atoms with van der Waals surface area (Å²) >= 11 is 1.26. The lowest BCUT2D eigenvalue weighted by molar-refractivity contribution is 0.561. The van der Waals surface area contributed by atoms with Crippen LogP contribution in [-0.2, 0) is 10.0 Å². The Morgan fingerprint density at radius 2 is 2.24 bits per heavy atom. The average molecular weight is 329 g/mol. The number of thiazole rings is 1. The molecule has 2 heterocycles. The summed E-state index contributed by atoms with van der Waals surface area (Å²) < 4.78 is 26.7. The van der Waals surface area contributed by atoms with Crippen molar-refractivity contribution in [2.24, 2.45) is 0 Å². The summed E-state index contributed by atoms with van der Waals surface area (Å²) in [5, 5.41) is 5.55. The van der Waals surface area contributed by atoms with Gasteiger partial charge in [-0.1, -0.05) is 6.92 Å². The van der Waals surface area contributed by atoms with Gasteiger partial charge in [0, 0.05) is 11.4 Å². The molecule has 1 atom stereocenters. The third-order valence-corrected chi connectivity index (χ3v) is 5.01. The summed E-state index contributed by atoms with van der Waals surface area (Å²) in [6.07, 6.45) is 2.32. The van der Waals surface area contributed by atoms with Crippen LogP contribution in [-0.4, -0.2) is 29.9 Å². The quantitative estimate of drug-likeness (QED) is 0.722. The van der Waals surface area contributed by atoms with Gasteiger partial charge >= 0.3 is 0 Å². The number of rotatable bonds is 7. The van der Waals surface area contributed by atoms with E-state index in [9.17, 15) is 8.42 Å². The lowest BCUT2D eigenvalue weighted by Gasteiger charge is -2.09. The zero-order valence-corrected chi connectivity index (χ0v) is 13.8. The Morgan fingerprint density at radius 3 is 2.86 bits per heavy atom. The van der Waals surface area contributed by atoms with Crippen molar-refractivity contribution in [3.05, 3.63) is 23.1 Å². The first-order valence-electron chi connectivity index (χ1n) is 6.65. The highest BCUT2D eigenvalue weighted by atomic mass is 32.2. The monoisotopic (exact) mass is 329 g/mol. The maximum Gasteiger partial charge on any atom is 0.280 e. The van der Waals surface area contributed by atoms with E-state index in [0.717, 1.165) is 18.7 Å². The second-order valence-corrected chi connectivity index (χ2v) is 7.20. The third kappa shape index (κ3) is 4.02. The molecule has 0 radical (unpaired) electrons. The fraction of sp³-hybridized carbons (Fsp3) is 0.500. The Morgan fingerprint density at radius 1 is 1.48 bits per heavy atom. The molecule has 0 saturated heterocycles. The van der Waals surface area contributed by atoms with E-state index in [1.165, 1.54) is 17.5 Å². The Labute approximate surface area is 128 Å². The van der Waals surface area contributed by atoms with Gasteiger partial charge in [0.1, 0.15) is 5.82 Å². The molecule has 9 heteroatoms. The number of sulfonamides is 1. The Hall–Kier alpha value is -1.45. The second kappa shape index (κ2) is 6.54. The third-order valence-electron chi connectivity index (χ3n) is 2.86. The highest BCUT2D eigenvalue weighted by Gasteiger charge is 2.19. The van der Waals surface area contributed by atoms with Gasteiger partial charge < -0.3 is 10.3 Å². The van der Waals surface area contributed by atoms with Crippen molar-refractivity contribution in [3.63, 3.8) is 0 Å². The molecule has 0 aliphatic heterocycles. The van der Waals surface area contributed by atoms with E-state index >= 15 is 0 Å². The zero-order chi connectivity index (χ0) is 15.5. The van der Waals surface area contributed by atoms with Crippen LogP contribution < -0.4 is 10.0 Å². The molecule has 0 bridgehead atoms. The van der Waals surface area contributed by atoms with Gasteiger partial charge in [-0.3, -0.25) is 4.72 Å². The largest absolute Gasteiger partial charge is 0.332 e. The number of aryl methyl sites for hydroxylation is 1. The van der Waals surface area contributed by atoms with Crippen LogP contribution in [0.1, 0.15) is 37.8 Å². The lowest BCUT2D eigenvalue weighted by atomic mass is 10.2. The second-order valence-electron chi connectivity index (χ2n) is 4.69. The smallest absolute Gasteiger partial charge is 0.280 e. The minimum absolute atomic E-state index is 0.0360. The molecular formula is C12H19N5O2S2. The van der Waals surface area contributed by atoms with Gasteiger partial charge in [-0.05, 0) is 26.8 Å². The van der Waals surface area contributed by atoms with E-state index in [4.69, 9.17) is 0 Å². The molecule has 0 spiro atoms. The minimum atomic E-state index is -3.66. The molecule has 0 saturated carbocycles. The number of hydrogen-bond acceptors (Lipinski definition) is 6. The number of nitrogens with zero attached hydrogens (tertiary/aromatic N) is 2. The number of imidazole rings is 1. The van der Waals surface area contributed by atoms with Gasteiger partial charge in [-0.2, -0.15) is 8.42 Å². The summed E-state index contributed by atoms with van der Waals surface area (Å²) in [6.45, 7) is 6.68. The molecule has 3 N–H and O–H groups in total. The average Bonchev–Trinajstić information content (AvgIpc) is 3.05. The molecule has 0 fully saturated rings. The first kappa shape index (κ1) is 15.9. The molecule has 116 valence electrons. The van der Waals surface area contributed by atoms with Crippen LogP contribution in [0.3, 0.4) is 0 Å². The van der Waals surface area contributed by atoms with Crippen LogP contribution in [0.15, 0.2) is 16.6 Å². The van der Waals surface area contributed by atoms with Gasteiger partial charge in [0.05, 0.1) is 11.9 Å². The fourth-order valence-electron chi connectivity index (χ4n) is 1.70. The van der Waals surface area contributed by atoms with Gasteiger partial charge in [0.2, 0.25) is 0 Å². The summed E-state index contributed by atoms with van der Waals surface area (Å²) in [7, 11) is -3.66. The van der Waals surface area contributed by atoms with E-state index in [1.807, 2.05) is 12.3 Å². The molecule has 0 amide bonds. The van der Waals surface area contributed by atoms with Crippen LogP contribution in [0.4, 0.5) is 5.13 Å². The number of aromatic amines is 1. The predicted octanol–water partition coefficient (Wildman–Crippen LogP) is 2.04. The van der Waals surface area contributed by atoms with Gasteiger partial charge in [-0.15, -0.1) is 11.3 Å². The summed E-state index contributed by atoms with van der Waals surface area (Å²) in [4.78, 5) is 10.9. The van der Waals surface area contributed by atoms with Crippen LogP contribution in [0, 0.1) is 6.92 Å². The Bertz CT molecular complexity index is 692. The SMILES string of the molecule is CCCNC(C)c1csc(NS(=O)(=O)c2cnc(C)[nH]2)n1. The number of hydrogen-bond donors (Lipinski definition) is 3. The van der Waals surface area contributed by atoms with Crippen LogP contribution in [0.25, 0.3) is 0 Å². The maximum atomic E-state index is 12.1. The highest BCUT2D eigenvalue weighted by molar-refractivity contribution is 7.92. The number of nitrogens with one attached hydrogen (secondary N) is 3. The molecule has 7 nitrogen and oxygen atoms in total. The lowest BCUT2D eigenvalue weighted by Crippen LogP contribution is -2.19. The normalized spacial score (nSPS) is 13.3. The van der Waals surface area contributed by atoms with Crippen molar-refractivity contribution >= 4 is 26.5 Å². The minimum Gasteiger partial charge on any atom is -0.332 e.